The van der Waals surface area contributed by atoms with E-state index in [4.69, 9.17) is 0 Å². The molecule has 0 aromatic carbocycles. The molecule has 0 unspecified atom stereocenters. The fraction of sp³-hybridized carbons (Fsp3) is 1.00. The Bertz CT molecular complexity index is 419. The molecule has 19 heavy (non-hydrogen) atoms. The summed E-state index contributed by atoms with van der Waals surface area (Å²) in [5.74, 6) is 0. The summed E-state index contributed by atoms with van der Waals surface area (Å²) in [6, 6.07) is 0. The van der Waals surface area contributed by atoms with Gasteiger partial charge in [0.05, 0.1) is 0 Å². The summed E-state index contributed by atoms with van der Waals surface area (Å²) in [7, 11) is -7.16. The van der Waals surface area contributed by atoms with Crippen LogP contribution >= 0.6 is 11.6 Å². The molecule has 0 rings (SSSR count). The molecule has 0 aromatic heterocycles. The molecule has 0 bridgehead atoms. The van der Waals surface area contributed by atoms with Gasteiger partial charge in [-0.15, -0.1) is 0 Å². The van der Waals surface area contributed by atoms with E-state index in [0.29, 0.717) is 0 Å². The molecule has 0 fully saturated rings. The SMILES string of the molecule is O=S(=O)([O-])C(F)(F)C(F)(F)OC(F)(F)C(F)(F)Cl.[Na+]. The van der Waals surface area contributed by atoms with Crippen molar-refractivity contribution in [2.75, 3.05) is 0 Å². The minimum atomic E-state index is -7.16. The second-order valence-electron chi connectivity index (χ2n) is 2.60. The first-order chi connectivity index (χ1) is 7.46. The van der Waals surface area contributed by atoms with Gasteiger partial charge in [0.2, 0.25) is 0 Å². The molecule has 0 amide bonds. The van der Waals surface area contributed by atoms with Crippen LogP contribution in [0.4, 0.5) is 35.1 Å². The van der Waals surface area contributed by atoms with Crippen LogP contribution in [0.2, 0.25) is 0 Å². The van der Waals surface area contributed by atoms with Crippen LogP contribution in [0.5, 0.6) is 0 Å². The van der Waals surface area contributed by atoms with Crippen molar-refractivity contribution in [3.63, 3.8) is 0 Å². The summed E-state index contributed by atoms with van der Waals surface area (Å²) in [6.07, 6.45) is -13.1. The fourth-order valence-corrected chi connectivity index (χ4v) is 0.795. The second kappa shape index (κ2) is 5.77. The predicted molar refractivity (Wildman–Crippen MR) is 36.4 cm³/mol. The average molecular weight is 355 g/mol. The van der Waals surface area contributed by atoms with Crippen molar-refractivity contribution in [2.45, 2.75) is 22.9 Å². The Kier molecular flexibility index (Phi) is 6.65. The average Bonchev–Trinajstić information content (AvgIpc) is 1.96. The molecular formula is C4ClF8NaO4S. The molecule has 4 nitrogen and oxygen atoms in total. The van der Waals surface area contributed by atoms with Crippen LogP contribution in [0, 0.1) is 0 Å². The molecule has 0 N–H and O–H groups in total. The molecule has 0 aliphatic heterocycles. The van der Waals surface area contributed by atoms with Crippen molar-refractivity contribution in [1.82, 2.24) is 0 Å². The molecule has 0 heterocycles. The van der Waals surface area contributed by atoms with E-state index in [-0.39, 0.29) is 29.6 Å². The Hall–Kier alpha value is 0.600. The van der Waals surface area contributed by atoms with E-state index in [9.17, 15) is 48.1 Å². The van der Waals surface area contributed by atoms with E-state index in [1.54, 1.807) is 4.74 Å². The van der Waals surface area contributed by atoms with Gasteiger partial charge in [0.25, 0.3) is 0 Å². The van der Waals surface area contributed by atoms with Gasteiger partial charge in [0, 0.05) is 0 Å². The van der Waals surface area contributed by atoms with Crippen molar-refractivity contribution in [2.24, 2.45) is 0 Å². The second-order valence-corrected chi connectivity index (χ2v) is 4.50. The third-order valence-corrected chi connectivity index (χ3v) is 2.32. The largest absolute Gasteiger partial charge is 1.00 e. The third-order valence-electron chi connectivity index (χ3n) is 1.24. The van der Waals surface area contributed by atoms with E-state index >= 15 is 0 Å². The van der Waals surface area contributed by atoms with Gasteiger partial charge in [-0.1, -0.05) is 0 Å². The van der Waals surface area contributed by atoms with Crippen molar-refractivity contribution in [3.8, 4) is 0 Å². The molecular weight excluding hydrogens is 355 g/mol. The number of hydrogen-bond acceptors (Lipinski definition) is 4. The summed E-state index contributed by atoms with van der Waals surface area (Å²) in [4.78, 5) is 0. The third kappa shape index (κ3) is 4.54. The van der Waals surface area contributed by atoms with Gasteiger partial charge >= 0.3 is 52.4 Å². The molecule has 110 valence electrons. The van der Waals surface area contributed by atoms with Crippen LogP contribution in [-0.2, 0) is 14.9 Å². The van der Waals surface area contributed by atoms with E-state index in [0.717, 1.165) is 0 Å². The number of alkyl halides is 9. The van der Waals surface area contributed by atoms with E-state index in [2.05, 4.69) is 11.6 Å². The number of hydrogen-bond donors (Lipinski definition) is 0. The summed E-state index contributed by atoms with van der Waals surface area (Å²) in [6.45, 7) is 0. The van der Waals surface area contributed by atoms with Crippen molar-refractivity contribution >= 4 is 21.7 Å². The zero-order valence-electron chi connectivity index (χ0n) is 8.44. The number of ether oxygens (including phenoxy) is 1. The maximum Gasteiger partial charge on any atom is 1.00 e. The zero-order valence-corrected chi connectivity index (χ0v) is 12.0. The van der Waals surface area contributed by atoms with Gasteiger partial charge in [0.1, 0.15) is 0 Å². The van der Waals surface area contributed by atoms with Crippen LogP contribution in [-0.4, -0.2) is 35.8 Å². The molecule has 0 aromatic rings. The Morgan fingerprint density at radius 1 is 0.895 bits per heavy atom. The van der Waals surface area contributed by atoms with Crippen LogP contribution in [0.3, 0.4) is 0 Å². The molecule has 0 saturated carbocycles. The van der Waals surface area contributed by atoms with Crippen molar-refractivity contribution in [3.05, 3.63) is 0 Å². The minimum absolute atomic E-state index is 0. The summed E-state index contributed by atoms with van der Waals surface area (Å²) < 4.78 is 128. The van der Waals surface area contributed by atoms with Crippen molar-refractivity contribution < 1.29 is 82.4 Å². The quantitative estimate of drug-likeness (QED) is 0.280. The Morgan fingerprint density at radius 3 is 1.42 bits per heavy atom. The normalized spacial score (nSPS) is 15.1. The van der Waals surface area contributed by atoms with E-state index in [1.807, 2.05) is 0 Å². The van der Waals surface area contributed by atoms with Crippen LogP contribution in [0.25, 0.3) is 0 Å². The van der Waals surface area contributed by atoms with Gasteiger partial charge < -0.3 is 4.55 Å². The first-order valence-corrected chi connectivity index (χ1v) is 5.10. The molecule has 15 heteroatoms. The molecule has 0 aliphatic carbocycles. The van der Waals surface area contributed by atoms with Crippen LogP contribution < -0.4 is 29.6 Å². The Morgan fingerprint density at radius 2 is 1.21 bits per heavy atom. The van der Waals surface area contributed by atoms with Crippen molar-refractivity contribution in [1.29, 1.82) is 0 Å². The van der Waals surface area contributed by atoms with Gasteiger partial charge in [-0.05, 0) is 11.6 Å². The van der Waals surface area contributed by atoms with Gasteiger partial charge in [-0.25, -0.2) is 13.2 Å². The van der Waals surface area contributed by atoms with Gasteiger partial charge in [-0.2, -0.15) is 35.1 Å². The summed E-state index contributed by atoms with van der Waals surface area (Å²) in [5.41, 5.74) is 0. The zero-order chi connectivity index (χ0) is 15.2. The number of halogens is 9. The van der Waals surface area contributed by atoms with Gasteiger partial charge in [-0.3, -0.25) is 0 Å². The Balaban J connectivity index is 0. The summed E-state index contributed by atoms with van der Waals surface area (Å²) in [5, 5.41) is -12.6. The molecule has 0 radical (unpaired) electrons. The standard InChI is InChI=1S/C4HClF8O4S.Na/c5-1(6,7)2(8,9)17-3(10,11)4(12,13)18(14,15)16;/h(H,14,15,16);/q;+1/p-1. The van der Waals surface area contributed by atoms with E-state index in [1.165, 1.54) is 0 Å². The smallest absolute Gasteiger partial charge is 0.743 e. The Labute approximate surface area is 127 Å². The first kappa shape index (κ1) is 21.9. The van der Waals surface area contributed by atoms with E-state index < -0.39 is 33.0 Å². The van der Waals surface area contributed by atoms with Crippen LogP contribution in [0.15, 0.2) is 0 Å². The maximum absolute atomic E-state index is 12.3. The molecule has 0 atom stereocenters. The molecule has 0 spiro atoms. The van der Waals surface area contributed by atoms with Crippen LogP contribution in [0.1, 0.15) is 0 Å². The summed E-state index contributed by atoms with van der Waals surface area (Å²) >= 11 is 3.58. The van der Waals surface area contributed by atoms with Gasteiger partial charge in [0.15, 0.2) is 10.1 Å². The monoisotopic (exact) mass is 354 g/mol. The maximum atomic E-state index is 12.3. The first-order valence-electron chi connectivity index (χ1n) is 3.31. The number of rotatable bonds is 5. The minimum Gasteiger partial charge on any atom is -0.743 e. The fourth-order valence-electron chi connectivity index (χ4n) is 0.424. The predicted octanol–water partition coefficient (Wildman–Crippen LogP) is -0.838. The molecule has 0 saturated heterocycles. The topological polar surface area (TPSA) is 66.4 Å². The molecule has 0 aliphatic rings.